The van der Waals surface area contributed by atoms with Gasteiger partial charge in [-0.05, 0) is 73.9 Å². The molecular weight excluding hydrogens is 416 g/mol. The van der Waals surface area contributed by atoms with Crippen LogP contribution in [0, 0.1) is 11.8 Å². The summed E-state index contributed by atoms with van der Waals surface area (Å²) in [5.74, 6) is 1.89. The number of benzene rings is 3. The molecule has 0 aliphatic carbocycles. The van der Waals surface area contributed by atoms with Crippen molar-refractivity contribution in [3.05, 3.63) is 108 Å². The molecule has 2 aliphatic heterocycles. The van der Waals surface area contributed by atoms with E-state index in [1.54, 1.807) is 0 Å². The minimum Gasteiger partial charge on any atom is -0.338 e. The van der Waals surface area contributed by atoms with Crippen LogP contribution < -0.4 is 0 Å². The van der Waals surface area contributed by atoms with Gasteiger partial charge >= 0.3 is 0 Å². The zero-order valence-corrected chi connectivity index (χ0v) is 20.1. The molecule has 0 aromatic heterocycles. The highest BCUT2D eigenvalue weighted by Gasteiger charge is 2.37. The van der Waals surface area contributed by atoms with Crippen molar-refractivity contribution in [1.29, 1.82) is 0 Å². The van der Waals surface area contributed by atoms with Gasteiger partial charge < -0.3 is 9.80 Å². The van der Waals surface area contributed by atoms with Crippen LogP contribution in [0.1, 0.15) is 46.7 Å². The third kappa shape index (κ3) is 5.59. The van der Waals surface area contributed by atoms with Crippen molar-refractivity contribution >= 4 is 5.91 Å². The lowest BCUT2D eigenvalue weighted by Gasteiger charge is -2.34. The van der Waals surface area contributed by atoms with Crippen molar-refractivity contribution in [3.63, 3.8) is 0 Å². The molecule has 1 amide bonds. The first-order valence-corrected chi connectivity index (χ1v) is 12.9. The molecule has 0 spiro atoms. The minimum absolute atomic E-state index is 0.170. The highest BCUT2D eigenvalue weighted by molar-refractivity contribution is 5.94. The van der Waals surface area contributed by atoms with E-state index in [9.17, 15) is 4.79 Å². The number of piperidine rings is 1. The van der Waals surface area contributed by atoms with E-state index in [4.69, 9.17) is 0 Å². The molecule has 3 nitrogen and oxygen atoms in total. The zero-order chi connectivity index (χ0) is 23.2. The second-order valence-electron chi connectivity index (χ2n) is 10.1. The Morgan fingerprint density at radius 2 is 1.38 bits per heavy atom. The van der Waals surface area contributed by atoms with E-state index in [0.29, 0.717) is 11.8 Å². The van der Waals surface area contributed by atoms with Crippen LogP contribution in [-0.2, 0) is 6.42 Å². The lowest BCUT2D eigenvalue weighted by molar-refractivity contribution is 0.0780. The van der Waals surface area contributed by atoms with Gasteiger partial charge in [-0.2, -0.15) is 0 Å². The predicted molar refractivity (Wildman–Crippen MR) is 139 cm³/mol. The average Bonchev–Trinajstić information content (AvgIpc) is 3.33. The second-order valence-corrected chi connectivity index (χ2v) is 10.1. The number of rotatable bonds is 7. The molecule has 2 heterocycles. The molecule has 3 aromatic rings. The molecule has 2 saturated heterocycles. The number of hydrogen-bond donors (Lipinski definition) is 0. The largest absolute Gasteiger partial charge is 0.338 e. The summed E-state index contributed by atoms with van der Waals surface area (Å²) in [5.41, 5.74) is 3.63. The summed E-state index contributed by atoms with van der Waals surface area (Å²) in [6.45, 7) is 5.12. The van der Waals surface area contributed by atoms with Gasteiger partial charge in [0.1, 0.15) is 0 Å². The van der Waals surface area contributed by atoms with E-state index in [2.05, 4.69) is 70.5 Å². The lowest BCUT2D eigenvalue weighted by Crippen LogP contribution is -2.39. The maximum absolute atomic E-state index is 13.2. The van der Waals surface area contributed by atoms with E-state index >= 15 is 0 Å². The monoisotopic (exact) mass is 452 g/mol. The fourth-order valence-corrected chi connectivity index (χ4v) is 5.87. The van der Waals surface area contributed by atoms with Crippen LogP contribution in [0.4, 0.5) is 0 Å². The van der Waals surface area contributed by atoms with Crippen molar-refractivity contribution in [2.24, 2.45) is 11.8 Å². The molecule has 2 unspecified atom stereocenters. The average molecular weight is 453 g/mol. The number of amides is 1. The third-order valence-electron chi connectivity index (χ3n) is 7.86. The molecule has 0 radical (unpaired) electrons. The quantitative estimate of drug-likeness (QED) is 0.446. The Kier molecular flexibility index (Phi) is 7.40. The third-order valence-corrected chi connectivity index (χ3v) is 7.86. The van der Waals surface area contributed by atoms with Gasteiger partial charge in [-0.1, -0.05) is 78.9 Å². The van der Waals surface area contributed by atoms with Gasteiger partial charge in [0.25, 0.3) is 5.91 Å². The molecule has 34 heavy (non-hydrogen) atoms. The van der Waals surface area contributed by atoms with E-state index in [0.717, 1.165) is 31.1 Å². The van der Waals surface area contributed by atoms with Crippen LogP contribution in [0.2, 0.25) is 0 Å². The number of hydrogen-bond acceptors (Lipinski definition) is 2. The molecule has 176 valence electrons. The summed E-state index contributed by atoms with van der Waals surface area (Å²) in [6, 6.07) is 31.5. The number of nitrogens with zero attached hydrogens (tertiary/aromatic N) is 2. The molecule has 0 N–H and O–H groups in total. The lowest BCUT2D eigenvalue weighted by atomic mass is 9.86. The van der Waals surface area contributed by atoms with Crippen molar-refractivity contribution in [2.75, 3.05) is 32.7 Å². The predicted octanol–water partition coefficient (Wildman–Crippen LogP) is 5.89. The molecule has 5 rings (SSSR count). The summed E-state index contributed by atoms with van der Waals surface area (Å²) < 4.78 is 0. The van der Waals surface area contributed by atoms with Crippen LogP contribution in [-0.4, -0.2) is 48.4 Å². The normalized spacial score (nSPS) is 21.6. The summed E-state index contributed by atoms with van der Waals surface area (Å²) >= 11 is 0. The molecular formula is C31H36N2O. The van der Waals surface area contributed by atoms with E-state index in [-0.39, 0.29) is 5.91 Å². The maximum Gasteiger partial charge on any atom is 0.253 e. The van der Waals surface area contributed by atoms with Gasteiger partial charge in [0.15, 0.2) is 0 Å². The van der Waals surface area contributed by atoms with E-state index < -0.39 is 0 Å². The number of carbonyl (C=O) groups is 1. The Bertz CT molecular complexity index is 1030. The molecule has 2 atom stereocenters. The van der Waals surface area contributed by atoms with Crippen LogP contribution >= 0.6 is 0 Å². The molecule has 0 saturated carbocycles. The van der Waals surface area contributed by atoms with Gasteiger partial charge in [-0.15, -0.1) is 0 Å². The van der Waals surface area contributed by atoms with Crippen LogP contribution in [0.5, 0.6) is 0 Å². The minimum atomic E-state index is 0.170. The Hall–Kier alpha value is -2.91. The van der Waals surface area contributed by atoms with Crippen molar-refractivity contribution in [3.8, 4) is 0 Å². The van der Waals surface area contributed by atoms with Crippen molar-refractivity contribution in [1.82, 2.24) is 9.80 Å². The molecule has 0 bridgehead atoms. The topological polar surface area (TPSA) is 23.6 Å². The molecule has 2 fully saturated rings. The van der Waals surface area contributed by atoms with E-state index in [1.165, 1.54) is 49.9 Å². The van der Waals surface area contributed by atoms with Crippen molar-refractivity contribution < 1.29 is 4.79 Å². The van der Waals surface area contributed by atoms with Gasteiger partial charge in [-0.25, -0.2) is 0 Å². The van der Waals surface area contributed by atoms with Gasteiger partial charge in [0, 0.05) is 31.1 Å². The second kappa shape index (κ2) is 11.0. The first-order chi connectivity index (χ1) is 16.8. The molecule has 2 aliphatic rings. The fraction of sp³-hybridized carbons (Fsp3) is 0.387. The van der Waals surface area contributed by atoms with Crippen LogP contribution in [0.15, 0.2) is 91.0 Å². The van der Waals surface area contributed by atoms with Gasteiger partial charge in [0.05, 0.1) is 0 Å². The first kappa shape index (κ1) is 22.9. The fourth-order valence-electron chi connectivity index (χ4n) is 5.87. The van der Waals surface area contributed by atoms with Crippen molar-refractivity contribution in [2.45, 2.75) is 31.6 Å². The number of carbonyl (C=O) groups excluding carboxylic acids is 1. The van der Waals surface area contributed by atoms with Gasteiger partial charge in [0.2, 0.25) is 0 Å². The first-order valence-electron chi connectivity index (χ1n) is 12.9. The van der Waals surface area contributed by atoms with Gasteiger partial charge in [-0.3, -0.25) is 4.79 Å². The highest BCUT2D eigenvalue weighted by atomic mass is 16.2. The smallest absolute Gasteiger partial charge is 0.253 e. The summed E-state index contributed by atoms with van der Waals surface area (Å²) in [5, 5.41) is 0. The summed E-state index contributed by atoms with van der Waals surface area (Å²) in [4.78, 5) is 18.0. The Morgan fingerprint density at radius 3 is 2.06 bits per heavy atom. The van der Waals surface area contributed by atoms with E-state index in [1.807, 2.05) is 30.3 Å². The Labute approximate surface area is 204 Å². The zero-order valence-electron chi connectivity index (χ0n) is 20.1. The maximum atomic E-state index is 13.2. The number of aryl methyl sites for hydroxylation is 1. The standard InChI is InChI=1S/C31H36N2O/c34-31(28-14-8-3-9-15-28)33-23-29(30(24-33)27-12-6-2-7-13-27)22-32-20-18-26(19-21-32)17-16-25-10-4-1-5-11-25/h1-15,26,29-30H,16-24H2. The Balaban J connectivity index is 1.19. The Morgan fingerprint density at radius 1 is 0.765 bits per heavy atom. The summed E-state index contributed by atoms with van der Waals surface area (Å²) in [7, 11) is 0. The highest BCUT2D eigenvalue weighted by Crippen LogP contribution is 2.35. The SMILES string of the molecule is O=C(c1ccccc1)N1CC(CN2CCC(CCc3ccccc3)CC2)C(c2ccccc2)C1. The summed E-state index contributed by atoms with van der Waals surface area (Å²) in [6.07, 6.45) is 5.08. The molecule has 3 aromatic carbocycles. The number of likely N-dealkylation sites (tertiary alicyclic amines) is 2. The van der Waals surface area contributed by atoms with Crippen LogP contribution in [0.25, 0.3) is 0 Å². The molecule has 3 heteroatoms. The van der Waals surface area contributed by atoms with Crippen LogP contribution in [0.3, 0.4) is 0 Å².